The number of rotatable bonds is 59. The van der Waals surface area contributed by atoms with Crippen molar-refractivity contribution in [3.8, 4) is 0 Å². The number of esters is 3. The maximum Gasteiger partial charge on any atom is 0.306 e. The number of hydrogen-bond donors (Lipinski definition) is 0. The fraction of sp³-hybridized carbons (Fsp3) is 0.732. The Morgan fingerprint density at radius 2 is 0.506 bits per heavy atom. The maximum absolute atomic E-state index is 12.9. The summed E-state index contributed by atoms with van der Waals surface area (Å²) in [6.07, 6.45) is 87.0. The highest BCUT2D eigenvalue weighted by Gasteiger charge is 2.19. The van der Waals surface area contributed by atoms with Crippen LogP contribution >= 0.6 is 0 Å². The molecule has 6 heteroatoms. The Morgan fingerprint density at radius 1 is 0.273 bits per heavy atom. The molecule has 0 aliphatic heterocycles. The smallest absolute Gasteiger partial charge is 0.306 e. The van der Waals surface area contributed by atoms with Crippen LogP contribution in [0.25, 0.3) is 0 Å². The van der Waals surface area contributed by atoms with E-state index in [0.717, 1.165) is 96.3 Å². The van der Waals surface area contributed by atoms with Gasteiger partial charge in [-0.3, -0.25) is 14.4 Å². The van der Waals surface area contributed by atoms with Gasteiger partial charge in [-0.1, -0.05) is 272 Å². The van der Waals surface area contributed by atoms with Crippen LogP contribution in [-0.4, -0.2) is 37.2 Å². The first-order valence-corrected chi connectivity index (χ1v) is 32.7. The summed E-state index contributed by atoms with van der Waals surface area (Å²) >= 11 is 0. The minimum atomic E-state index is -0.800. The third kappa shape index (κ3) is 63.0. The van der Waals surface area contributed by atoms with Crippen molar-refractivity contribution in [3.63, 3.8) is 0 Å². The number of carbonyl (C=O) groups is 3. The standard InChI is InChI=1S/C71H122O6/c1-4-7-10-13-16-19-22-25-28-30-32-34-35-37-38-40-43-46-49-52-55-58-61-64-70(73)76-67-68(66-75-69(72)63-60-57-54-51-48-45-42-27-24-21-18-15-12-9-6-3)77-71(74)65-62-59-56-53-50-47-44-41-39-36-33-31-29-26-23-20-17-14-11-8-5-2/h9,12,18,21-23,25-27,30-33,42,48,51,68H,4-8,10-11,13-17,19-20,24,28-29,34-41,43-47,49-50,52-67H2,1-3H3/b12-9-,21-18-,25-22-,26-23-,32-30-,33-31-,42-27-,51-48-. The van der Waals surface area contributed by atoms with E-state index in [4.69, 9.17) is 14.2 Å². The van der Waals surface area contributed by atoms with Crippen LogP contribution < -0.4 is 0 Å². The molecule has 0 aliphatic carbocycles. The third-order valence-electron chi connectivity index (χ3n) is 14.0. The fourth-order valence-corrected chi connectivity index (χ4v) is 9.14. The van der Waals surface area contributed by atoms with Gasteiger partial charge in [0, 0.05) is 19.3 Å². The lowest BCUT2D eigenvalue weighted by Crippen LogP contribution is -2.30. The monoisotopic (exact) mass is 1070 g/mol. The summed E-state index contributed by atoms with van der Waals surface area (Å²) in [4.78, 5) is 38.3. The molecule has 0 fully saturated rings. The molecule has 1 atom stereocenters. The molecule has 0 saturated heterocycles. The molecule has 6 nitrogen and oxygen atoms in total. The van der Waals surface area contributed by atoms with E-state index >= 15 is 0 Å². The van der Waals surface area contributed by atoms with Crippen LogP contribution in [0.4, 0.5) is 0 Å². The topological polar surface area (TPSA) is 78.9 Å². The second kappa shape index (κ2) is 64.9. The SMILES string of the molecule is CC/C=C\C/C=C\C/C=C\C/C=C\CCCCC(=O)OCC(COC(=O)CCCCCCCCCCCCC/C=C\C/C=C\CCCCCCC)OC(=O)CCCCCCCCCCC/C=C\C/C=C\CCCCCCC. The number of ether oxygens (including phenoxy) is 3. The Hall–Kier alpha value is -3.67. The minimum Gasteiger partial charge on any atom is -0.462 e. The van der Waals surface area contributed by atoms with Crippen molar-refractivity contribution in [1.82, 2.24) is 0 Å². The van der Waals surface area contributed by atoms with E-state index in [2.05, 4.69) is 118 Å². The van der Waals surface area contributed by atoms with Crippen LogP contribution in [0, 0.1) is 0 Å². The zero-order valence-corrected chi connectivity index (χ0v) is 50.7. The van der Waals surface area contributed by atoms with Crippen LogP contribution in [0.15, 0.2) is 97.2 Å². The van der Waals surface area contributed by atoms with Gasteiger partial charge in [-0.15, -0.1) is 0 Å². The molecule has 0 aliphatic rings. The van der Waals surface area contributed by atoms with Gasteiger partial charge in [-0.05, 0) is 122 Å². The molecule has 0 aromatic rings. The highest BCUT2D eigenvalue weighted by Crippen LogP contribution is 2.16. The molecule has 0 aromatic heterocycles. The third-order valence-corrected chi connectivity index (χ3v) is 14.0. The number of hydrogen-bond acceptors (Lipinski definition) is 6. The van der Waals surface area contributed by atoms with Crippen molar-refractivity contribution < 1.29 is 28.6 Å². The molecule has 0 rings (SSSR count). The molecule has 0 N–H and O–H groups in total. The molecule has 442 valence electrons. The number of unbranched alkanes of at least 4 members (excludes halogenated alkanes) is 32. The first-order valence-electron chi connectivity index (χ1n) is 32.7. The molecule has 0 amide bonds. The summed E-state index contributed by atoms with van der Waals surface area (Å²) in [5.74, 6) is -0.932. The van der Waals surface area contributed by atoms with Gasteiger partial charge < -0.3 is 14.2 Å². The lowest BCUT2D eigenvalue weighted by Gasteiger charge is -2.18. The second-order valence-corrected chi connectivity index (χ2v) is 21.6. The quantitative estimate of drug-likeness (QED) is 0.0261. The van der Waals surface area contributed by atoms with Gasteiger partial charge >= 0.3 is 17.9 Å². The van der Waals surface area contributed by atoms with Crippen LogP contribution in [0.1, 0.15) is 316 Å². The van der Waals surface area contributed by atoms with Gasteiger partial charge in [0.25, 0.3) is 0 Å². The molecule has 0 radical (unpaired) electrons. The summed E-state index contributed by atoms with van der Waals surface area (Å²) in [5, 5.41) is 0. The van der Waals surface area contributed by atoms with E-state index in [1.165, 1.54) is 180 Å². The van der Waals surface area contributed by atoms with Crippen LogP contribution in [0.5, 0.6) is 0 Å². The zero-order chi connectivity index (χ0) is 55.7. The Morgan fingerprint density at radius 3 is 0.818 bits per heavy atom. The van der Waals surface area contributed by atoms with Crippen LogP contribution in [0.3, 0.4) is 0 Å². The Bertz CT molecular complexity index is 1510. The number of allylic oxidation sites excluding steroid dienone is 16. The van der Waals surface area contributed by atoms with Gasteiger partial charge in [0.05, 0.1) is 0 Å². The van der Waals surface area contributed by atoms with Gasteiger partial charge in [-0.25, -0.2) is 0 Å². The summed E-state index contributed by atoms with van der Waals surface area (Å²) in [5.41, 5.74) is 0. The molecule has 0 saturated carbocycles. The normalized spacial score (nSPS) is 12.7. The van der Waals surface area contributed by atoms with Crippen LogP contribution in [-0.2, 0) is 28.6 Å². The van der Waals surface area contributed by atoms with Gasteiger partial charge in [-0.2, -0.15) is 0 Å². The summed E-state index contributed by atoms with van der Waals surface area (Å²) in [6.45, 7) is 6.49. The van der Waals surface area contributed by atoms with Crippen molar-refractivity contribution in [2.45, 2.75) is 322 Å². The summed E-state index contributed by atoms with van der Waals surface area (Å²) < 4.78 is 16.9. The largest absolute Gasteiger partial charge is 0.462 e. The van der Waals surface area contributed by atoms with E-state index in [1.54, 1.807) is 0 Å². The molecule has 0 heterocycles. The molecular formula is C71H122O6. The average Bonchev–Trinajstić information content (AvgIpc) is 3.43. The van der Waals surface area contributed by atoms with Crippen molar-refractivity contribution in [2.75, 3.05) is 13.2 Å². The van der Waals surface area contributed by atoms with E-state index in [9.17, 15) is 14.4 Å². The van der Waals surface area contributed by atoms with Crippen molar-refractivity contribution in [2.24, 2.45) is 0 Å². The Balaban J connectivity index is 4.39. The predicted molar refractivity (Wildman–Crippen MR) is 334 cm³/mol. The van der Waals surface area contributed by atoms with E-state index < -0.39 is 6.10 Å². The fourth-order valence-electron chi connectivity index (χ4n) is 9.14. The zero-order valence-electron chi connectivity index (χ0n) is 50.7. The molecular weight excluding hydrogens is 949 g/mol. The molecule has 0 spiro atoms. The van der Waals surface area contributed by atoms with Gasteiger partial charge in [0.15, 0.2) is 6.10 Å². The lowest BCUT2D eigenvalue weighted by atomic mass is 10.0. The van der Waals surface area contributed by atoms with E-state index in [0.29, 0.717) is 19.3 Å². The van der Waals surface area contributed by atoms with Crippen molar-refractivity contribution in [1.29, 1.82) is 0 Å². The van der Waals surface area contributed by atoms with E-state index in [-0.39, 0.29) is 31.1 Å². The molecule has 0 aromatic carbocycles. The Kier molecular flexibility index (Phi) is 61.8. The summed E-state index contributed by atoms with van der Waals surface area (Å²) in [6, 6.07) is 0. The first kappa shape index (κ1) is 73.3. The maximum atomic E-state index is 12.9. The van der Waals surface area contributed by atoms with Gasteiger partial charge in [0.2, 0.25) is 0 Å². The average molecular weight is 1070 g/mol. The molecule has 0 bridgehead atoms. The first-order chi connectivity index (χ1) is 38.0. The predicted octanol–water partition coefficient (Wildman–Crippen LogP) is 22.4. The summed E-state index contributed by atoms with van der Waals surface area (Å²) in [7, 11) is 0. The highest BCUT2D eigenvalue weighted by molar-refractivity contribution is 5.71. The van der Waals surface area contributed by atoms with E-state index in [1.807, 2.05) is 0 Å². The van der Waals surface area contributed by atoms with Crippen molar-refractivity contribution >= 4 is 17.9 Å². The lowest BCUT2D eigenvalue weighted by molar-refractivity contribution is -0.167. The van der Waals surface area contributed by atoms with Crippen LogP contribution in [0.2, 0.25) is 0 Å². The number of carbonyl (C=O) groups excluding carboxylic acids is 3. The molecule has 77 heavy (non-hydrogen) atoms. The Labute approximate surface area is 477 Å². The molecule has 1 unspecified atom stereocenters. The minimum absolute atomic E-state index is 0.0930. The van der Waals surface area contributed by atoms with Gasteiger partial charge in [0.1, 0.15) is 13.2 Å². The highest BCUT2D eigenvalue weighted by atomic mass is 16.6. The second-order valence-electron chi connectivity index (χ2n) is 21.6. The van der Waals surface area contributed by atoms with Crippen molar-refractivity contribution in [3.05, 3.63) is 97.2 Å².